The molecular weight excluding hydrogens is 110 g/mol. The van der Waals surface area contributed by atoms with Crippen LogP contribution < -0.4 is 5.32 Å². The van der Waals surface area contributed by atoms with Crippen LogP contribution in [-0.4, -0.2) is 13.1 Å². The summed E-state index contributed by atoms with van der Waals surface area (Å²) in [5.41, 5.74) is 0.905. The third-order valence-electron chi connectivity index (χ3n) is 2.89. The van der Waals surface area contributed by atoms with Gasteiger partial charge >= 0.3 is 0 Å². The van der Waals surface area contributed by atoms with Gasteiger partial charge in [-0.1, -0.05) is 6.92 Å². The van der Waals surface area contributed by atoms with E-state index in [-0.39, 0.29) is 0 Å². The molecule has 0 bridgehead atoms. The normalized spacial score (nSPS) is 35.0. The zero-order chi connectivity index (χ0) is 6.32. The second-order valence-corrected chi connectivity index (χ2v) is 3.57. The maximum atomic E-state index is 3.41. The van der Waals surface area contributed by atoms with Crippen molar-refractivity contribution in [2.45, 2.75) is 26.2 Å². The lowest BCUT2D eigenvalue weighted by Crippen LogP contribution is -2.16. The monoisotopic (exact) mass is 125 g/mol. The summed E-state index contributed by atoms with van der Waals surface area (Å²) < 4.78 is 0. The molecule has 1 heteroatoms. The van der Waals surface area contributed by atoms with Gasteiger partial charge in [-0.2, -0.15) is 0 Å². The highest BCUT2D eigenvalue weighted by Crippen LogP contribution is 2.70. The Morgan fingerprint density at radius 3 is 2.78 bits per heavy atom. The fourth-order valence-electron chi connectivity index (χ4n) is 1.81. The van der Waals surface area contributed by atoms with Crippen LogP contribution in [0.4, 0.5) is 0 Å². The maximum Gasteiger partial charge on any atom is -0.00151 e. The molecule has 2 saturated carbocycles. The van der Waals surface area contributed by atoms with E-state index < -0.39 is 0 Å². The van der Waals surface area contributed by atoms with Crippen molar-refractivity contribution >= 4 is 0 Å². The van der Waals surface area contributed by atoms with E-state index in [0.29, 0.717) is 0 Å². The Kier molecular flexibility index (Phi) is 1.10. The molecule has 52 valence electrons. The summed E-state index contributed by atoms with van der Waals surface area (Å²) in [6.07, 6.45) is 4.59. The molecule has 1 unspecified atom stereocenters. The Morgan fingerprint density at radius 1 is 1.56 bits per heavy atom. The first kappa shape index (κ1) is 5.72. The van der Waals surface area contributed by atoms with Crippen LogP contribution in [0.2, 0.25) is 0 Å². The van der Waals surface area contributed by atoms with Crippen molar-refractivity contribution in [3.8, 4) is 0 Å². The van der Waals surface area contributed by atoms with Crippen LogP contribution in [0, 0.1) is 11.3 Å². The van der Waals surface area contributed by atoms with Crippen LogP contribution in [0.1, 0.15) is 26.2 Å². The molecule has 1 nitrogen and oxygen atoms in total. The number of rotatable bonds is 3. The van der Waals surface area contributed by atoms with E-state index in [9.17, 15) is 0 Å². The van der Waals surface area contributed by atoms with Crippen LogP contribution in [0.5, 0.6) is 0 Å². The third-order valence-corrected chi connectivity index (χ3v) is 2.89. The standard InChI is InChI=1S/C8H15N/c1-2-9-6-7-5-8(7)3-4-8/h7,9H,2-6H2,1H3. The van der Waals surface area contributed by atoms with E-state index in [2.05, 4.69) is 12.2 Å². The molecule has 1 atom stereocenters. The molecule has 2 aliphatic rings. The van der Waals surface area contributed by atoms with Gasteiger partial charge in [0.05, 0.1) is 0 Å². The van der Waals surface area contributed by atoms with Gasteiger partial charge in [-0.05, 0) is 43.7 Å². The molecule has 0 aromatic heterocycles. The van der Waals surface area contributed by atoms with Crippen molar-refractivity contribution in [1.82, 2.24) is 5.32 Å². The van der Waals surface area contributed by atoms with Gasteiger partial charge in [-0.3, -0.25) is 0 Å². The molecule has 0 aliphatic heterocycles. The second kappa shape index (κ2) is 1.72. The molecule has 0 heterocycles. The molecular formula is C8H15N. The minimum atomic E-state index is 0.905. The Morgan fingerprint density at radius 2 is 2.33 bits per heavy atom. The molecule has 0 saturated heterocycles. The average Bonchev–Trinajstić information content (AvgIpc) is 2.72. The lowest BCUT2D eigenvalue weighted by molar-refractivity contribution is 0.612. The highest BCUT2D eigenvalue weighted by atomic mass is 14.9. The largest absolute Gasteiger partial charge is 0.317 e. The smallest absolute Gasteiger partial charge is 0.00151 e. The van der Waals surface area contributed by atoms with Gasteiger partial charge in [0.2, 0.25) is 0 Å². The second-order valence-electron chi connectivity index (χ2n) is 3.57. The van der Waals surface area contributed by atoms with Crippen molar-refractivity contribution in [2.24, 2.45) is 11.3 Å². The first-order valence-electron chi connectivity index (χ1n) is 4.08. The number of hydrogen-bond acceptors (Lipinski definition) is 1. The van der Waals surface area contributed by atoms with Crippen LogP contribution >= 0.6 is 0 Å². The topological polar surface area (TPSA) is 12.0 Å². The fourth-order valence-corrected chi connectivity index (χ4v) is 1.81. The summed E-state index contributed by atoms with van der Waals surface area (Å²) in [4.78, 5) is 0. The average molecular weight is 125 g/mol. The fraction of sp³-hybridized carbons (Fsp3) is 1.00. The van der Waals surface area contributed by atoms with Crippen LogP contribution in [-0.2, 0) is 0 Å². The lowest BCUT2D eigenvalue weighted by Gasteiger charge is -1.96. The van der Waals surface area contributed by atoms with Crippen LogP contribution in [0.25, 0.3) is 0 Å². The van der Waals surface area contributed by atoms with E-state index in [1.54, 1.807) is 0 Å². The summed E-state index contributed by atoms with van der Waals surface area (Å²) in [5, 5.41) is 3.41. The van der Waals surface area contributed by atoms with Crippen molar-refractivity contribution in [1.29, 1.82) is 0 Å². The summed E-state index contributed by atoms with van der Waals surface area (Å²) in [6, 6.07) is 0. The van der Waals surface area contributed by atoms with Gasteiger partial charge in [0.1, 0.15) is 0 Å². The predicted octanol–water partition coefficient (Wildman–Crippen LogP) is 1.40. The predicted molar refractivity (Wildman–Crippen MR) is 38.3 cm³/mol. The highest BCUT2D eigenvalue weighted by Gasteiger charge is 2.61. The zero-order valence-corrected chi connectivity index (χ0v) is 6.11. The van der Waals surface area contributed by atoms with Crippen LogP contribution in [0.3, 0.4) is 0 Å². The first-order valence-corrected chi connectivity index (χ1v) is 4.08. The van der Waals surface area contributed by atoms with Gasteiger partial charge in [0, 0.05) is 0 Å². The Labute approximate surface area is 56.8 Å². The number of hydrogen-bond donors (Lipinski definition) is 1. The maximum absolute atomic E-state index is 3.41. The van der Waals surface area contributed by atoms with Gasteiger partial charge in [0.25, 0.3) is 0 Å². The summed E-state index contributed by atoms with van der Waals surface area (Å²) in [7, 11) is 0. The molecule has 2 rings (SSSR count). The van der Waals surface area contributed by atoms with E-state index in [1.807, 2.05) is 0 Å². The first-order chi connectivity index (χ1) is 4.37. The van der Waals surface area contributed by atoms with Crippen LogP contribution in [0.15, 0.2) is 0 Å². The highest BCUT2D eigenvalue weighted by molar-refractivity contribution is 5.12. The SMILES string of the molecule is CCNCC1CC12CC2. The molecule has 2 fully saturated rings. The Hall–Kier alpha value is -0.0400. The molecule has 0 amide bonds. The van der Waals surface area contributed by atoms with Crippen molar-refractivity contribution in [3.63, 3.8) is 0 Å². The Balaban J connectivity index is 1.67. The molecule has 1 spiro atoms. The zero-order valence-electron chi connectivity index (χ0n) is 6.11. The van der Waals surface area contributed by atoms with E-state index in [1.165, 1.54) is 25.8 Å². The molecule has 9 heavy (non-hydrogen) atoms. The molecule has 0 radical (unpaired) electrons. The van der Waals surface area contributed by atoms with Gasteiger partial charge in [-0.25, -0.2) is 0 Å². The minimum absolute atomic E-state index is 0.905. The molecule has 0 aromatic carbocycles. The Bertz CT molecular complexity index is 116. The molecule has 0 aromatic rings. The van der Waals surface area contributed by atoms with E-state index >= 15 is 0 Å². The minimum Gasteiger partial charge on any atom is -0.317 e. The number of nitrogens with one attached hydrogen (secondary N) is 1. The summed E-state index contributed by atoms with van der Waals surface area (Å²) >= 11 is 0. The summed E-state index contributed by atoms with van der Waals surface area (Å²) in [5.74, 6) is 1.07. The molecule has 2 aliphatic carbocycles. The quantitative estimate of drug-likeness (QED) is 0.601. The van der Waals surface area contributed by atoms with E-state index in [0.717, 1.165) is 17.9 Å². The molecule has 1 N–H and O–H groups in total. The lowest BCUT2D eigenvalue weighted by atomic mass is 10.3. The van der Waals surface area contributed by atoms with Crippen molar-refractivity contribution in [3.05, 3.63) is 0 Å². The van der Waals surface area contributed by atoms with Crippen molar-refractivity contribution in [2.75, 3.05) is 13.1 Å². The van der Waals surface area contributed by atoms with Gasteiger partial charge < -0.3 is 5.32 Å². The van der Waals surface area contributed by atoms with Gasteiger partial charge in [-0.15, -0.1) is 0 Å². The van der Waals surface area contributed by atoms with Gasteiger partial charge in [0.15, 0.2) is 0 Å². The van der Waals surface area contributed by atoms with E-state index in [4.69, 9.17) is 0 Å². The van der Waals surface area contributed by atoms with Crippen molar-refractivity contribution < 1.29 is 0 Å². The summed E-state index contributed by atoms with van der Waals surface area (Å²) in [6.45, 7) is 4.62. The third kappa shape index (κ3) is 0.877.